The van der Waals surface area contributed by atoms with Crippen LogP contribution in [0.15, 0.2) is 151 Å². The van der Waals surface area contributed by atoms with Gasteiger partial charge in [-0.2, -0.15) is 0 Å². The van der Waals surface area contributed by atoms with Gasteiger partial charge in [-0.05, 0) is 82.1 Å². The van der Waals surface area contributed by atoms with Crippen LogP contribution in [0.25, 0.3) is 33.4 Å². The monoisotopic (exact) mass is 530 g/mol. The minimum atomic E-state index is 0.0457. The summed E-state index contributed by atoms with van der Waals surface area (Å²) >= 11 is 0. The Balaban J connectivity index is 1.43. The highest BCUT2D eigenvalue weighted by atomic mass is 15.4. The number of hydrogen-bond donors (Lipinski definition) is 0. The van der Waals surface area contributed by atoms with Gasteiger partial charge in [0.1, 0.15) is 6.17 Å². The van der Waals surface area contributed by atoms with Crippen molar-refractivity contribution in [2.75, 3.05) is 16.8 Å². The maximum Gasteiger partial charge on any atom is 0.133 e. The minimum Gasteiger partial charge on any atom is -0.348 e. The lowest BCUT2D eigenvalue weighted by Gasteiger charge is -2.37. The number of anilines is 2. The predicted molar refractivity (Wildman–Crippen MR) is 174 cm³/mol. The summed E-state index contributed by atoms with van der Waals surface area (Å²) < 4.78 is 0. The van der Waals surface area contributed by atoms with Crippen LogP contribution in [0, 0.1) is 5.92 Å². The van der Waals surface area contributed by atoms with Gasteiger partial charge in [0.05, 0.1) is 11.4 Å². The van der Waals surface area contributed by atoms with Crippen LogP contribution in [0.5, 0.6) is 0 Å². The Morgan fingerprint density at radius 1 is 0.585 bits per heavy atom. The Hall–Kier alpha value is -4.82. The van der Waals surface area contributed by atoms with E-state index >= 15 is 0 Å². The summed E-state index contributed by atoms with van der Waals surface area (Å²) in [7, 11) is 2.24. The van der Waals surface area contributed by atoms with Crippen LogP contribution in [0.2, 0.25) is 0 Å². The molecule has 2 nitrogen and oxygen atoms in total. The molecule has 1 aliphatic carbocycles. The minimum absolute atomic E-state index is 0.0457. The SMILES string of the molecule is CC1CC=CC=C1N1c2ccccc2N(C)C1c1ccccc1-c1cc(-c2ccccc2)cc(-c2ccccc2)c1. The molecule has 2 aliphatic rings. The van der Waals surface area contributed by atoms with Crippen LogP contribution in [-0.2, 0) is 0 Å². The number of hydrogen-bond acceptors (Lipinski definition) is 2. The maximum atomic E-state index is 2.57. The van der Waals surface area contributed by atoms with Crippen LogP contribution >= 0.6 is 0 Å². The van der Waals surface area contributed by atoms with Crippen molar-refractivity contribution in [3.05, 3.63) is 157 Å². The number of benzene rings is 5. The van der Waals surface area contributed by atoms with Crippen LogP contribution in [-0.4, -0.2) is 7.05 Å². The molecule has 7 rings (SSSR count). The van der Waals surface area contributed by atoms with Crippen molar-refractivity contribution < 1.29 is 0 Å². The van der Waals surface area contributed by atoms with E-state index < -0.39 is 0 Å². The Morgan fingerprint density at radius 3 is 1.80 bits per heavy atom. The molecule has 0 saturated heterocycles. The maximum absolute atomic E-state index is 2.57. The number of allylic oxidation sites excluding steroid dienone is 4. The van der Waals surface area contributed by atoms with Gasteiger partial charge in [0, 0.05) is 18.3 Å². The van der Waals surface area contributed by atoms with Gasteiger partial charge in [-0.1, -0.05) is 116 Å². The molecule has 2 heteroatoms. The molecule has 0 bridgehead atoms. The second-order valence-electron chi connectivity index (χ2n) is 11.1. The molecule has 0 aromatic heterocycles. The highest BCUT2D eigenvalue weighted by Crippen LogP contribution is 2.51. The Kier molecular flexibility index (Phi) is 6.53. The third-order valence-corrected chi connectivity index (χ3v) is 8.51. The molecule has 200 valence electrons. The highest BCUT2D eigenvalue weighted by Gasteiger charge is 2.39. The lowest BCUT2D eigenvalue weighted by atomic mass is 9.90. The van der Waals surface area contributed by atoms with E-state index in [2.05, 4.69) is 169 Å². The molecule has 1 heterocycles. The van der Waals surface area contributed by atoms with Crippen LogP contribution in [0.1, 0.15) is 25.1 Å². The summed E-state index contributed by atoms with van der Waals surface area (Å²) in [6.07, 6.45) is 7.91. The summed E-state index contributed by atoms with van der Waals surface area (Å²) in [4.78, 5) is 5.01. The Morgan fingerprint density at radius 2 is 1.15 bits per heavy atom. The molecule has 41 heavy (non-hydrogen) atoms. The summed E-state index contributed by atoms with van der Waals surface area (Å²) in [5, 5.41) is 0. The number of para-hydroxylation sites is 2. The van der Waals surface area contributed by atoms with Gasteiger partial charge >= 0.3 is 0 Å². The van der Waals surface area contributed by atoms with Crippen LogP contribution in [0.4, 0.5) is 11.4 Å². The van der Waals surface area contributed by atoms with E-state index in [0.29, 0.717) is 5.92 Å². The first-order chi connectivity index (χ1) is 20.2. The van der Waals surface area contributed by atoms with Crippen molar-refractivity contribution in [1.29, 1.82) is 0 Å². The fraction of sp³-hybridized carbons (Fsp3) is 0.128. The standard InChI is InChI=1S/C39H34N2/c1-28-15-9-12-22-36(28)41-38-24-14-13-23-37(38)40(2)39(41)35-21-11-10-20-34(35)33-26-31(29-16-5-3-6-17-29)25-32(27-33)30-18-7-4-8-19-30/h3-14,16-28,39H,15H2,1-2H3. The zero-order valence-corrected chi connectivity index (χ0v) is 23.6. The van der Waals surface area contributed by atoms with E-state index in [1.54, 1.807) is 0 Å². The second-order valence-corrected chi connectivity index (χ2v) is 11.1. The molecule has 0 N–H and O–H groups in total. The highest BCUT2D eigenvalue weighted by molar-refractivity contribution is 5.85. The average Bonchev–Trinajstić information content (AvgIpc) is 3.33. The lowest BCUT2D eigenvalue weighted by Crippen LogP contribution is -2.35. The van der Waals surface area contributed by atoms with Crippen molar-refractivity contribution in [3.63, 3.8) is 0 Å². The molecule has 0 amide bonds. The smallest absolute Gasteiger partial charge is 0.133 e. The summed E-state index contributed by atoms with van der Waals surface area (Å²) in [6.45, 7) is 2.34. The quantitative estimate of drug-likeness (QED) is 0.223. The molecule has 2 unspecified atom stereocenters. The van der Waals surface area contributed by atoms with Gasteiger partial charge in [-0.15, -0.1) is 0 Å². The number of nitrogens with zero attached hydrogens (tertiary/aromatic N) is 2. The molecule has 0 saturated carbocycles. The van der Waals surface area contributed by atoms with Gasteiger partial charge in [-0.25, -0.2) is 0 Å². The van der Waals surface area contributed by atoms with Crippen molar-refractivity contribution in [1.82, 2.24) is 0 Å². The van der Waals surface area contributed by atoms with Crippen molar-refractivity contribution in [3.8, 4) is 33.4 Å². The molecule has 0 fully saturated rings. The Bertz CT molecular complexity index is 1690. The zero-order valence-electron chi connectivity index (χ0n) is 23.6. The largest absolute Gasteiger partial charge is 0.348 e. The first-order valence-corrected chi connectivity index (χ1v) is 14.5. The fourth-order valence-electron chi connectivity index (χ4n) is 6.45. The zero-order chi connectivity index (χ0) is 27.8. The molecule has 1 aliphatic heterocycles. The molecule has 5 aromatic rings. The van der Waals surface area contributed by atoms with Crippen LogP contribution in [0.3, 0.4) is 0 Å². The van der Waals surface area contributed by atoms with Gasteiger partial charge in [0.15, 0.2) is 0 Å². The van der Waals surface area contributed by atoms with E-state index in [0.717, 1.165) is 6.42 Å². The van der Waals surface area contributed by atoms with E-state index in [1.165, 1.54) is 56.0 Å². The van der Waals surface area contributed by atoms with Crippen LogP contribution < -0.4 is 9.80 Å². The lowest BCUT2D eigenvalue weighted by molar-refractivity contribution is 0.598. The first-order valence-electron chi connectivity index (χ1n) is 14.5. The summed E-state index contributed by atoms with van der Waals surface area (Å²) in [6, 6.07) is 46.3. The van der Waals surface area contributed by atoms with E-state index in [1.807, 2.05) is 0 Å². The predicted octanol–water partition coefficient (Wildman–Crippen LogP) is 10.1. The van der Waals surface area contributed by atoms with Gasteiger partial charge in [0.25, 0.3) is 0 Å². The molecular weight excluding hydrogens is 496 g/mol. The van der Waals surface area contributed by atoms with Gasteiger partial charge in [0.2, 0.25) is 0 Å². The molecule has 0 spiro atoms. The average molecular weight is 531 g/mol. The van der Waals surface area contributed by atoms with Crippen molar-refractivity contribution >= 4 is 11.4 Å². The number of fused-ring (bicyclic) bond motifs is 1. The normalized spacial score (nSPS) is 17.9. The molecule has 0 radical (unpaired) electrons. The summed E-state index contributed by atoms with van der Waals surface area (Å²) in [5.41, 5.74) is 12.6. The third-order valence-electron chi connectivity index (χ3n) is 8.51. The molecular formula is C39H34N2. The number of rotatable bonds is 5. The van der Waals surface area contributed by atoms with Gasteiger partial charge in [-0.3, -0.25) is 0 Å². The topological polar surface area (TPSA) is 6.48 Å². The third kappa shape index (κ3) is 4.56. The Labute approximate surface area is 243 Å². The molecule has 5 aromatic carbocycles. The fourth-order valence-corrected chi connectivity index (χ4v) is 6.45. The van der Waals surface area contributed by atoms with Crippen molar-refractivity contribution in [2.45, 2.75) is 19.5 Å². The summed E-state index contributed by atoms with van der Waals surface area (Å²) in [5.74, 6) is 0.445. The van der Waals surface area contributed by atoms with E-state index in [4.69, 9.17) is 0 Å². The molecule has 2 atom stereocenters. The van der Waals surface area contributed by atoms with E-state index in [-0.39, 0.29) is 6.17 Å². The second kappa shape index (κ2) is 10.6. The first kappa shape index (κ1) is 25.2. The van der Waals surface area contributed by atoms with E-state index in [9.17, 15) is 0 Å². The van der Waals surface area contributed by atoms with Gasteiger partial charge < -0.3 is 9.80 Å². The van der Waals surface area contributed by atoms with Crippen molar-refractivity contribution in [2.24, 2.45) is 5.92 Å².